The van der Waals surface area contributed by atoms with Crippen LogP contribution in [-0.2, 0) is 0 Å². The number of carboxylic acid groups (broad SMARTS) is 1. The molecule has 0 bridgehead atoms. The molecule has 0 saturated heterocycles. The van der Waals surface area contributed by atoms with E-state index in [4.69, 9.17) is 5.11 Å². The molecule has 0 radical (unpaired) electrons. The fraction of sp³-hybridized carbons (Fsp3) is 0.467. The second kappa shape index (κ2) is 6.41. The minimum absolute atomic E-state index is 0.190. The fourth-order valence-corrected chi connectivity index (χ4v) is 2.09. The molecule has 20 heavy (non-hydrogen) atoms. The van der Waals surface area contributed by atoms with Crippen molar-refractivity contribution in [1.82, 2.24) is 5.32 Å². The number of carboxylic acids is 1. The minimum atomic E-state index is -1.00. The standard InChI is InChI=1S/C15H22N2O3/c1-5-8-15(3,4)17-14(20)16-11-7-6-10(2)12(9-11)13(18)19/h6-7,9H,5,8H2,1-4H3,(H,18,19)(H2,16,17,20). The van der Waals surface area contributed by atoms with Gasteiger partial charge in [0.25, 0.3) is 0 Å². The lowest BCUT2D eigenvalue weighted by atomic mass is 9.99. The highest BCUT2D eigenvalue weighted by atomic mass is 16.4. The first-order chi connectivity index (χ1) is 9.25. The quantitative estimate of drug-likeness (QED) is 0.772. The van der Waals surface area contributed by atoms with Crippen molar-refractivity contribution in [2.45, 2.75) is 46.1 Å². The summed E-state index contributed by atoms with van der Waals surface area (Å²) in [6.07, 6.45) is 1.84. The molecule has 3 N–H and O–H groups in total. The molecule has 1 rings (SSSR count). The van der Waals surface area contributed by atoms with Gasteiger partial charge in [-0.2, -0.15) is 0 Å². The number of aryl methyl sites for hydroxylation is 1. The molecule has 5 nitrogen and oxygen atoms in total. The van der Waals surface area contributed by atoms with Crippen LogP contribution in [0.2, 0.25) is 0 Å². The number of hydrogen-bond acceptors (Lipinski definition) is 2. The highest BCUT2D eigenvalue weighted by molar-refractivity contribution is 5.94. The van der Waals surface area contributed by atoms with E-state index in [0.717, 1.165) is 12.8 Å². The van der Waals surface area contributed by atoms with Gasteiger partial charge in [0.15, 0.2) is 0 Å². The van der Waals surface area contributed by atoms with Crippen molar-refractivity contribution in [1.29, 1.82) is 0 Å². The van der Waals surface area contributed by atoms with E-state index in [-0.39, 0.29) is 17.1 Å². The zero-order chi connectivity index (χ0) is 15.3. The lowest BCUT2D eigenvalue weighted by molar-refractivity contribution is 0.0696. The Labute approximate surface area is 119 Å². The van der Waals surface area contributed by atoms with Gasteiger partial charge in [0.2, 0.25) is 0 Å². The summed E-state index contributed by atoms with van der Waals surface area (Å²) in [4.78, 5) is 22.9. The van der Waals surface area contributed by atoms with E-state index in [9.17, 15) is 9.59 Å². The van der Waals surface area contributed by atoms with Crippen molar-refractivity contribution in [2.24, 2.45) is 0 Å². The Bertz CT molecular complexity index is 510. The van der Waals surface area contributed by atoms with E-state index < -0.39 is 5.97 Å². The van der Waals surface area contributed by atoms with Gasteiger partial charge in [-0.3, -0.25) is 0 Å². The lowest BCUT2D eigenvalue weighted by Gasteiger charge is -2.25. The maximum absolute atomic E-state index is 11.9. The van der Waals surface area contributed by atoms with Crippen LogP contribution in [0.4, 0.5) is 10.5 Å². The SMILES string of the molecule is CCCC(C)(C)NC(=O)Nc1ccc(C)c(C(=O)O)c1. The summed E-state index contributed by atoms with van der Waals surface area (Å²) < 4.78 is 0. The van der Waals surface area contributed by atoms with Gasteiger partial charge < -0.3 is 15.7 Å². The van der Waals surface area contributed by atoms with Crippen LogP contribution in [-0.4, -0.2) is 22.6 Å². The summed E-state index contributed by atoms with van der Waals surface area (Å²) in [7, 11) is 0. The van der Waals surface area contributed by atoms with Crippen molar-refractivity contribution < 1.29 is 14.7 Å². The Morgan fingerprint density at radius 3 is 2.50 bits per heavy atom. The molecule has 0 saturated carbocycles. The Hall–Kier alpha value is -2.04. The maximum Gasteiger partial charge on any atom is 0.336 e. The average Bonchev–Trinajstić information content (AvgIpc) is 2.30. The minimum Gasteiger partial charge on any atom is -0.478 e. The van der Waals surface area contributed by atoms with Crippen LogP contribution in [0.15, 0.2) is 18.2 Å². The highest BCUT2D eigenvalue weighted by Gasteiger charge is 2.19. The molecular formula is C15H22N2O3. The smallest absolute Gasteiger partial charge is 0.336 e. The third-order valence-electron chi connectivity index (χ3n) is 3.05. The van der Waals surface area contributed by atoms with Crippen molar-refractivity contribution in [2.75, 3.05) is 5.32 Å². The summed E-state index contributed by atoms with van der Waals surface area (Å²) in [5, 5.41) is 14.6. The van der Waals surface area contributed by atoms with Crippen LogP contribution in [0.5, 0.6) is 0 Å². The molecule has 1 aromatic rings. The number of nitrogens with one attached hydrogen (secondary N) is 2. The van der Waals surface area contributed by atoms with Crippen molar-refractivity contribution in [3.05, 3.63) is 29.3 Å². The average molecular weight is 278 g/mol. The van der Waals surface area contributed by atoms with Gasteiger partial charge >= 0.3 is 12.0 Å². The molecule has 110 valence electrons. The monoisotopic (exact) mass is 278 g/mol. The first kappa shape index (κ1) is 16.0. The summed E-state index contributed by atoms with van der Waals surface area (Å²) in [6.45, 7) is 7.68. The Morgan fingerprint density at radius 1 is 1.30 bits per heavy atom. The van der Waals surface area contributed by atoms with Crippen molar-refractivity contribution >= 4 is 17.7 Å². The fourth-order valence-electron chi connectivity index (χ4n) is 2.09. The van der Waals surface area contributed by atoms with Gasteiger partial charge in [-0.15, -0.1) is 0 Å². The van der Waals surface area contributed by atoms with Crippen LogP contribution < -0.4 is 10.6 Å². The van der Waals surface area contributed by atoms with Crippen molar-refractivity contribution in [3.63, 3.8) is 0 Å². The molecule has 1 aromatic carbocycles. The normalized spacial score (nSPS) is 11.0. The lowest BCUT2D eigenvalue weighted by Crippen LogP contribution is -2.45. The first-order valence-electron chi connectivity index (χ1n) is 6.68. The van der Waals surface area contributed by atoms with Gasteiger partial charge in [-0.1, -0.05) is 19.4 Å². The Morgan fingerprint density at radius 2 is 1.95 bits per heavy atom. The molecule has 0 unspecified atom stereocenters. The largest absolute Gasteiger partial charge is 0.478 e. The molecule has 0 aliphatic rings. The predicted octanol–water partition coefficient (Wildman–Crippen LogP) is 3.39. The molecule has 0 heterocycles. The molecule has 2 amide bonds. The number of urea groups is 1. The van der Waals surface area contributed by atoms with Crippen LogP contribution in [0, 0.1) is 6.92 Å². The van der Waals surface area contributed by atoms with Gasteiger partial charge in [-0.05, 0) is 44.9 Å². The number of carbonyl (C=O) groups is 2. The molecular weight excluding hydrogens is 256 g/mol. The molecule has 5 heteroatoms. The van der Waals surface area contributed by atoms with Gasteiger partial charge in [0, 0.05) is 11.2 Å². The number of hydrogen-bond donors (Lipinski definition) is 3. The van der Waals surface area contributed by atoms with Crippen molar-refractivity contribution in [3.8, 4) is 0 Å². The molecule has 0 aliphatic heterocycles. The van der Waals surface area contributed by atoms with Crippen LogP contribution in [0.1, 0.15) is 49.5 Å². The molecule has 0 atom stereocenters. The van der Waals surface area contributed by atoms with Gasteiger partial charge in [0.05, 0.1) is 5.56 Å². The molecule has 0 fully saturated rings. The zero-order valence-electron chi connectivity index (χ0n) is 12.4. The van der Waals surface area contributed by atoms with Gasteiger partial charge in [-0.25, -0.2) is 9.59 Å². The molecule has 0 aromatic heterocycles. The number of amides is 2. The van der Waals surface area contributed by atoms with E-state index >= 15 is 0 Å². The topological polar surface area (TPSA) is 78.4 Å². The maximum atomic E-state index is 11.9. The third-order valence-corrected chi connectivity index (χ3v) is 3.05. The molecule has 0 aliphatic carbocycles. The Balaban J connectivity index is 2.76. The number of rotatable bonds is 5. The van der Waals surface area contributed by atoms with E-state index in [1.54, 1.807) is 19.1 Å². The van der Waals surface area contributed by atoms with E-state index in [2.05, 4.69) is 17.6 Å². The van der Waals surface area contributed by atoms with E-state index in [1.807, 2.05) is 13.8 Å². The van der Waals surface area contributed by atoms with Gasteiger partial charge in [0.1, 0.15) is 0 Å². The first-order valence-corrected chi connectivity index (χ1v) is 6.68. The number of benzene rings is 1. The number of aromatic carboxylic acids is 1. The van der Waals surface area contributed by atoms with Crippen LogP contribution >= 0.6 is 0 Å². The second-order valence-electron chi connectivity index (χ2n) is 5.55. The van der Waals surface area contributed by atoms with E-state index in [1.165, 1.54) is 6.07 Å². The highest BCUT2D eigenvalue weighted by Crippen LogP contribution is 2.16. The third kappa shape index (κ3) is 4.57. The molecule has 0 spiro atoms. The summed E-state index contributed by atoms with van der Waals surface area (Å²) in [6, 6.07) is 4.50. The Kier molecular flexibility index (Phi) is 5.13. The number of anilines is 1. The second-order valence-corrected chi connectivity index (χ2v) is 5.55. The summed E-state index contributed by atoms with van der Waals surface area (Å²) >= 11 is 0. The van der Waals surface area contributed by atoms with Crippen LogP contribution in [0.25, 0.3) is 0 Å². The van der Waals surface area contributed by atoms with Crippen LogP contribution in [0.3, 0.4) is 0 Å². The summed E-state index contributed by atoms with van der Waals surface area (Å²) in [5.74, 6) is -1.00. The summed E-state index contributed by atoms with van der Waals surface area (Å²) in [5.41, 5.74) is 1.03. The van der Waals surface area contributed by atoms with E-state index in [0.29, 0.717) is 11.3 Å². The number of carbonyl (C=O) groups excluding carboxylic acids is 1. The zero-order valence-corrected chi connectivity index (χ0v) is 12.4. The predicted molar refractivity (Wildman–Crippen MR) is 79.3 cm³/mol.